The van der Waals surface area contributed by atoms with Crippen LogP contribution in [-0.4, -0.2) is 59.5 Å². The molecule has 4 rings (SSSR count). The maximum atomic E-state index is 13.3. The van der Waals surface area contributed by atoms with Crippen LogP contribution in [0, 0.1) is 5.82 Å². The van der Waals surface area contributed by atoms with Crippen LogP contribution in [0.4, 0.5) is 10.2 Å². The first-order chi connectivity index (χ1) is 14.5. The molecule has 0 radical (unpaired) electrons. The number of nitrogens with zero attached hydrogens (tertiary/aromatic N) is 2. The molecular formula is C22H21FN4O3. The standard InChI is InChI=1S/C22H21FN4O3/c23-17-6-4-14(5-7-17)20-19(22(24)26-25-20)21(29)16-3-1-2-15(12-16)18(28)13-27-8-10-30-11-9-27/h1-7,12H,8-11,13H2,(H3,24,25,26). The number of nitrogens with one attached hydrogen (secondary N) is 1. The van der Waals surface area contributed by atoms with E-state index in [1.54, 1.807) is 24.3 Å². The summed E-state index contributed by atoms with van der Waals surface area (Å²) in [6.45, 7) is 2.90. The summed E-state index contributed by atoms with van der Waals surface area (Å²) in [6, 6.07) is 12.2. The zero-order valence-electron chi connectivity index (χ0n) is 16.2. The second kappa shape index (κ2) is 8.56. The molecule has 0 bridgehead atoms. The van der Waals surface area contributed by atoms with Gasteiger partial charge in [-0.1, -0.05) is 18.2 Å². The van der Waals surface area contributed by atoms with E-state index in [2.05, 4.69) is 10.2 Å². The van der Waals surface area contributed by atoms with Crippen molar-refractivity contribution >= 4 is 17.4 Å². The van der Waals surface area contributed by atoms with Gasteiger partial charge in [-0.05, 0) is 30.3 Å². The number of ether oxygens (including phenoxy) is 1. The van der Waals surface area contributed by atoms with Crippen molar-refractivity contribution in [1.82, 2.24) is 15.1 Å². The third kappa shape index (κ3) is 4.14. The van der Waals surface area contributed by atoms with Crippen molar-refractivity contribution in [3.8, 4) is 11.3 Å². The molecule has 2 aromatic carbocycles. The summed E-state index contributed by atoms with van der Waals surface area (Å²) >= 11 is 0. The fraction of sp³-hybridized carbons (Fsp3) is 0.227. The number of hydrogen-bond acceptors (Lipinski definition) is 6. The molecule has 0 amide bonds. The van der Waals surface area contributed by atoms with E-state index in [1.165, 1.54) is 24.3 Å². The van der Waals surface area contributed by atoms with Crippen LogP contribution >= 0.6 is 0 Å². The molecule has 3 N–H and O–H groups in total. The molecule has 1 saturated heterocycles. The highest BCUT2D eigenvalue weighted by molar-refractivity contribution is 6.16. The van der Waals surface area contributed by atoms with Crippen molar-refractivity contribution in [2.75, 3.05) is 38.6 Å². The summed E-state index contributed by atoms with van der Waals surface area (Å²) in [6.07, 6.45) is 0. The van der Waals surface area contributed by atoms with E-state index in [4.69, 9.17) is 10.5 Å². The van der Waals surface area contributed by atoms with Crippen LogP contribution in [-0.2, 0) is 4.74 Å². The maximum Gasteiger partial charge on any atom is 0.199 e. The zero-order chi connectivity index (χ0) is 21.1. The van der Waals surface area contributed by atoms with Gasteiger partial charge in [-0.2, -0.15) is 5.10 Å². The van der Waals surface area contributed by atoms with Crippen LogP contribution in [0.2, 0.25) is 0 Å². The number of hydrogen-bond donors (Lipinski definition) is 2. The highest BCUT2D eigenvalue weighted by Gasteiger charge is 2.23. The number of H-pyrrole nitrogens is 1. The zero-order valence-corrected chi connectivity index (χ0v) is 16.2. The van der Waals surface area contributed by atoms with Crippen LogP contribution < -0.4 is 5.73 Å². The topological polar surface area (TPSA) is 101 Å². The lowest BCUT2D eigenvalue weighted by molar-refractivity contribution is 0.0371. The first-order valence-electron chi connectivity index (χ1n) is 9.61. The smallest absolute Gasteiger partial charge is 0.199 e. The number of halogens is 1. The molecule has 0 atom stereocenters. The molecule has 1 aliphatic heterocycles. The van der Waals surface area contributed by atoms with Crippen molar-refractivity contribution in [3.05, 3.63) is 71.0 Å². The quantitative estimate of drug-likeness (QED) is 0.608. The van der Waals surface area contributed by atoms with E-state index in [1.807, 2.05) is 4.90 Å². The average molecular weight is 408 g/mol. The number of anilines is 1. The van der Waals surface area contributed by atoms with Crippen LogP contribution in [0.3, 0.4) is 0 Å². The number of rotatable bonds is 6. The number of ketones is 2. The molecule has 0 unspecified atom stereocenters. The number of nitrogens with two attached hydrogens (primary N) is 1. The molecule has 2 heterocycles. The molecule has 1 aliphatic rings. The Labute approximate surface area is 172 Å². The third-order valence-electron chi connectivity index (χ3n) is 5.06. The van der Waals surface area contributed by atoms with E-state index in [0.717, 1.165) is 0 Å². The molecular weight excluding hydrogens is 387 g/mol. The fourth-order valence-corrected chi connectivity index (χ4v) is 3.43. The van der Waals surface area contributed by atoms with Gasteiger partial charge in [0.15, 0.2) is 11.6 Å². The molecule has 8 heteroatoms. The van der Waals surface area contributed by atoms with E-state index < -0.39 is 0 Å². The van der Waals surface area contributed by atoms with Crippen molar-refractivity contribution in [1.29, 1.82) is 0 Å². The van der Waals surface area contributed by atoms with Crippen molar-refractivity contribution in [2.24, 2.45) is 0 Å². The Balaban J connectivity index is 1.60. The first kappa shape index (κ1) is 19.9. The Morgan fingerprint density at radius 2 is 1.80 bits per heavy atom. The Morgan fingerprint density at radius 1 is 1.10 bits per heavy atom. The summed E-state index contributed by atoms with van der Waals surface area (Å²) < 4.78 is 18.6. The van der Waals surface area contributed by atoms with E-state index in [0.29, 0.717) is 48.7 Å². The Bertz CT molecular complexity index is 1070. The molecule has 30 heavy (non-hydrogen) atoms. The highest BCUT2D eigenvalue weighted by Crippen LogP contribution is 2.28. The number of morpholine rings is 1. The maximum absolute atomic E-state index is 13.3. The Morgan fingerprint density at radius 3 is 2.53 bits per heavy atom. The second-order valence-corrected chi connectivity index (χ2v) is 7.09. The minimum absolute atomic E-state index is 0.0644. The number of benzene rings is 2. The van der Waals surface area contributed by atoms with Crippen LogP contribution in [0.25, 0.3) is 11.3 Å². The van der Waals surface area contributed by atoms with E-state index >= 15 is 0 Å². The first-order valence-corrected chi connectivity index (χ1v) is 9.61. The van der Waals surface area contributed by atoms with Gasteiger partial charge in [0.25, 0.3) is 0 Å². The normalized spacial score (nSPS) is 14.6. The van der Waals surface area contributed by atoms with Gasteiger partial charge in [-0.15, -0.1) is 0 Å². The molecule has 0 saturated carbocycles. The number of carbonyl (C=O) groups is 2. The summed E-state index contributed by atoms with van der Waals surface area (Å²) in [5, 5.41) is 6.74. The molecule has 0 spiro atoms. The Kier molecular flexibility index (Phi) is 5.69. The minimum atomic E-state index is -0.387. The van der Waals surface area contributed by atoms with Crippen LogP contribution in [0.1, 0.15) is 26.3 Å². The molecule has 1 aromatic heterocycles. The summed E-state index contributed by atoms with van der Waals surface area (Å²) in [4.78, 5) is 27.9. The van der Waals surface area contributed by atoms with Gasteiger partial charge in [-0.25, -0.2) is 4.39 Å². The highest BCUT2D eigenvalue weighted by atomic mass is 19.1. The van der Waals surface area contributed by atoms with Crippen molar-refractivity contribution in [3.63, 3.8) is 0 Å². The molecule has 3 aromatic rings. The van der Waals surface area contributed by atoms with Gasteiger partial charge in [0.1, 0.15) is 17.3 Å². The molecule has 7 nitrogen and oxygen atoms in total. The lowest BCUT2D eigenvalue weighted by Gasteiger charge is -2.25. The van der Waals surface area contributed by atoms with Gasteiger partial charge >= 0.3 is 0 Å². The van der Waals surface area contributed by atoms with E-state index in [-0.39, 0.29) is 35.3 Å². The SMILES string of the molecule is Nc1[nH]nc(-c2ccc(F)cc2)c1C(=O)c1cccc(C(=O)CN2CCOCC2)c1. The van der Waals surface area contributed by atoms with Crippen LogP contribution in [0.5, 0.6) is 0 Å². The van der Waals surface area contributed by atoms with Gasteiger partial charge in [-0.3, -0.25) is 19.6 Å². The lowest BCUT2D eigenvalue weighted by atomic mass is 9.97. The minimum Gasteiger partial charge on any atom is -0.383 e. The summed E-state index contributed by atoms with van der Waals surface area (Å²) in [7, 11) is 0. The van der Waals surface area contributed by atoms with Gasteiger partial charge in [0.2, 0.25) is 0 Å². The summed E-state index contributed by atoms with van der Waals surface area (Å²) in [5.74, 6) is -0.696. The fourth-order valence-electron chi connectivity index (χ4n) is 3.43. The lowest BCUT2D eigenvalue weighted by Crippen LogP contribution is -2.39. The van der Waals surface area contributed by atoms with Crippen LogP contribution in [0.15, 0.2) is 48.5 Å². The predicted molar refractivity (Wildman–Crippen MR) is 110 cm³/mol. The average Bonchev–Trinajstić information content (AvgIpc) is 3.16. The van der Waals surface area contributed by atoms with Gasteiger partial charge in [0, 0.05) is 29.8 Å². The van der Waals surface area contributed by atoms with E-state index in [9.17, 15) is 14.0 Å². The van der Waals surface area contributed by atoms with Crippen molar-refractivity contribution in [2.45, 2.75) is 0 Å². The number of aromatic nitrogens is 2. The predicted octanol–water partition coefficient (Wildman–Crippen LogP) is 2.54. The van der Waals surface area contributed by atoms with Crippen molar-refractivity contribution < 1.29 is 18.7 Å². The number of aromatic amines is 1. The van der Waals surface area contributed by atoms with Gasteiger partial charge in [0.05, 0.1) is 25.3 Å². The number of carbonyl (C=O) groups excluding carboxylic acids is 2. The third-order valence-corrected chi connectivity index (χ3v) is 5.06. The molecule has 0 aliphatic carbocycles. The monoisotopic (exact) mass is 408 g/mol. The summed E-state index contributed by atoms with van der Waals surface area (Å²) in [5.41, 5.74) is 7.85. The molecule has 154 valence electrons. The molecule has 1 fully saturated rings. The largest absolute Gasteiger partial charge is 0.383 e. The number of Topliss-reactive ketones (excluding diaryl/α,β-unsaturated/α-hetero) is 1. The van der Waals surface area contributed by atoms with Gasteiger partial charge < -0.3 is 10.5 Å². The second-order valence-electron chi connectivity index (χ2n) is 7.09. The Hall–Kier alpha value is -3.36. The number of nitrogen functional groups attached to an aromatic ring is 1.